The van der Waals surface area contributed by atoms with Crippen LogP contribution in [-0.4, -0.2) is 34.5 Å². The normalized spacial score (nSPS) is 15.1. The number of aromatic nitrogens is 3. The van der Waals surface area contributed by atoms with Crippen LogP contribution in [0, 0.1) is 0 Å². The molecule has 0 N–H and O–H groups in total. The third-order valence-corrected chi connectivity index (χ3v) is 8.52. The smallest absolute Gasteiger partial charge is 0.338 e. The van der Waals surface area contributed by atoms with E-state index in [2.05, 4.69) is 4.99 Å². The maximum atomic E-state index is 14.0. The van der Waals surface area contributed by atoms with Gasteiger partial charge in [0.1, 0.15) is 11.4 Å². The predicted octanol–water partition coefficient (Wildman–Crippen LogP) is 4.33. The van der Waals surface area contributed by atoms with Gasteiger partial charge in [-0.1, -0.05) is 47.7 Å². The monoisotopic (exact) mass is 568 g/mol. The molecule has 40 heavy (non-hydrogen) atoms. The highest BCUT2D eigenvalue weighted by atomic mass is 32.1. The van der Waals surface area contributed by atoms with Crippen molar-refractivity contribution >= 4 is 34.7 Å². The molecule has 0 amide bonds. The van der Waals surface area contributed by atoms with Gasteiger partial charge in [-0.05, 0) is 54.3 Å². The number of fused-ring (bicyclic) bond motifs is 1. The van der Waals surface area contributed by atoms with Gasteiger partial charge in [0.2, 0.25) is 0 Å². The molecule has 0 fully saturated rings. The summed E-state index contributed by atoms with van der Waals surface area (Å²) in [6, 6.07) is 20.4. The summed E-state index contributed by atoms with van der Waals surface area (Å²) >= 11 is 2.87. The standard InChI is InChI=1S/C30H24N4O4S2/c1-18-25(29(36)38-3)27(19-11-13-22(37-2)14-12-19)34-28(35)24(40-30(34)31-18)16-20-17-33(21-8-5-4-6-9-21)32-26(20)23-10-7-15-39-23/h4-17,27H,1-3H3/b24-16+/t27-/m1/s1. The Morgan fingerprint density at radius 3 is 2.48 bits per heavy atom. The number of hydrogen-bond donors (Lipinski definition) is 0. The lowest BCUT2D eigenvalue weighted by Crippen LogP contribution is -2.39. The fourth-order valence-corrected chi connectivity index (χ4v) is 6.51. The molecular weight excluding hydrogens is 544 g/mol. The molecule has 0 saturated heterocycles. The highest BCUT2D eigenvalue weighted by Gasteiger charge is 2.33. The van der Waals surface area contributed by atoms with Crippen molar-refractivity contribution in [1.29, 1.82) is 0 Å². The van der Waals surface area contributed by atoms with Crippen molar-refractivity contribution < 1.29 is 14.3 Å². The third kappa shape index (κ3) is 4.51. The molecule has 2 aromatic carbocycles. The van der Waals surface area contributed by atoms with E-state index in [4.69, 9.17) is 14.6 Å². The van der Waals surface area contributed by atoms with E-state index in [1.807, 2.05) is 76.9 Å². The molecule has 1 aliphatic rings. The Bertz CT molecular complexity index is 1920. The zero-order chi connectivity index (χ0) is 27.8. The SMILES string of the molecule is COC(=O)C1=C(C)N=c2s/c(=C/c3cn(-c4ccccc4)nc3-c3cccs3)c(=O)n2[C@@H]1c1ccc(OC)cc1. The van der Waals surface area contributed by atoms with E-state index in [0.29, 0.717) is 26.4 Å². The first-order valence-corrected chi connectivity index (χ1v) is 14.1. The van der Waals surface area contributed by atoms with E-state index < -0.39 is 12.0 Å². The molecule has 1 aliphatic heterocycles. The summed E-state index contributed by atoms with van der Waals surface area (Å²) in [7, 11) is 2.92. The van der Waals surface area contributed by atoms with E-state index in [9.17, 15) is 9.59 Å². The van der Waals surface area contributed by atoms with Crippen molar-refractivity contribution in [2.24, 2.45) is 4.99 Å². The second kappa shape index (κ2) is 10.6. The summed E-state index contributed by atoms with van der Waals surface area (Å²) < 4.78 is 14.3. The lowest BCUT2D eigenvalue weighted by Gasteiger charge is -2.24. The minimum Gasteiger partial charge on any atom is -0.497 e. The molecule has 0 aliphatic carbocycles. The van der Waals surface area contributed by atoms with E-state index in [0.717, 1.165) is 27.4 Å². The van der Waals surface area contributed by atoms with Crippen molar-refractivity contribution in [3.05, 3.63) is 120 Å². The molecule has 0 spiro atoms. The van der Waals surface area contributed by atoms with Crippen molar-refractivity contribution in [2.75, 3.05) is 14.2 Å². The third-order valence-electron chi connectivity index (χ3n) is 6.66. The predicted molar refractivity (Wildman–Crippen MR) is 156 cm³/mol. The highest BCUT2D eigenvalue weighted by molar-refractivity contribution is 7.13. The number of methoxy groups -OCH3 is 2. The number of thiophene rings is 1. The van der Waals surface area contributed by atoms with Gasteiger partial charge in [-0.2, -0.15) is 5.10 Å². The lowest BCUT2D eigenvalue weighted by atomic mass is 9.96. The quantitative estimate of drug-likeness (QED) is 0.285. The topological polar surface area (TPSA) is 87.7 Å². The average molecular weight is 569 g/mol. The number of rotatable bonds is 6. The number of ether oxygens (including phenoxy) is 2. The number of hydrogen-bond acceptors (Lipinski definition) is 8. The molecule has 8 nitrogen and oxygen atoms in total. The van der Waals surface area contributed by atoms with Crippen LogP contribution in [-0.2, 0) is 9.53 Å². The van der Waals surface area contributed by atoms with Crippen LogP contribution in [0.4, 0.5) is 0 Å². The van der Waals surface area contributed by atoms with Crippen LogP contribution < -0.4 is 19.6 Å². The van der Waals surface area contributed by atoms with Gasteiger partial charge in [-0.3, -0.25) is 9.36 Å². The maximum Gasteiger partial charge on any atom is 0.338 e. The number of nitrogens with zero attached hydrogens (tertiary/aromatic N) is 4. The van der Waals surface area contributed by atoms with Gasteiger partial charge in [-0.15, -0.1) is 11.3 Å². The number of carbonyl (C=O) groups is 1. The Kier molecular flexibility index (Phi) is 6.79. The fourth-order valence-electron chi connectivity index (χ4n) is 4.75. The Morgan fingerprint density at radius 2 is 1.80 bits per heavy atom. The molecule has 0 saturated carbocycles. The van der Waals surface area contributed by atoms with Crippen LogP contribution >= 0.6 is 22.7 Å². The first-order valence-electron chi connectivity index (χ1n) is 12.4. The Labute approximate surface area is 237 Å². The molecule has 0 radical (unpaired) electrons. The zero-order valence-electron chi connectivity index (χ0n) is 21.9. The number of allylic oxidation sites excluding steroid dienone is 1. The molecule has 0 bridgehead atoms. The summed E-state index contributed by atoms with van der Waals surface area (Å²) in [6.07, 6.45) is 3.78. The van der Waals surface area contributed by atoms with Crippen LogP contribution in [0.25, 0.3) is 22.3 Å². The molecular formula is C30H24N4O4S2. The van der Waals surface area contributed by atoms with E-state index in [-0.39, 0.29) is 5.56 Å². The molecule has 6 rings (SSSR count). The van der Waals surface area contributed by atoms with Gasteiger partial charge >= 0.3 is 5.97 Å². The summed E-state index contributed by atoms with van der Waals surface area (Å²) in [5.74, 6) is 0.147. The largest absolute Gasteiger partial charge is 0.497 e. The highest BCUT2D eigenvalue weighted by Crippen LogP contribution is 2.32. The number of thiazole rings is 1. The van der Waals surface area contributed by atoms with Gasteiger partial charge in [0.25, 0.3) is 5.56 Å². The molecule has 5 aromatic rings. The van der Waals surface area contributed by atoms with Crippen LogP contribution in [0.3, 0.4) is 0 Å². The second-order valence-electron chi connectivity index (χ2n) is 9.04. The fraction of sp³-hybridized carbons (Fsp3) is 0.133. The van der Waals surface area contributed by atoms with Crippen molar-refractivity contribution in [3.63, 3.8) is 0 Å². The first kappa shape index (κ1) is 25.7. The minimum absolute atomic E-state index is 0.247. The zero-order valence-corrected chi connectivity index (χ0v) is 23.5. The van der Waals surface area contributed by atoms with Gasteiger partial charge < -0.3 is 9.47 Å². The van der Waals surface area contributed by atoms with E-state index in [1.165, 1.54) is 18.4 Å². The van der Waals surface area contributed by atoms with E-state index in [1.54, 1.807) is 42.1 Å². The van der Waals surface area contributed by atoms with E-state index >= 15 is 0 Å². The molecule has 4 heterocycles. The first-order chi connectivity index (χ1) is 19.5. The van der Waals surface area contributed by atoms with Crippen LogP contribution in [0.2, 0.25) is 0 Å². The number of carbonyl (C=O) groups excluding carboxylic acids is 1. The van der Waals surface area contributed by atoms with Crippen LogP contribution in [0.5, 0.6) is 5.75 Å². The molecule has 10 heteroatoms. The lowest BCUT2D eigenvalue weighted by molar-refractivity contribution is -0.136. The van der Waals surface area contributed by atoms with Crippen molar-refractivity contribution in [3.8, 4) is 22.0 Å². The Balaban J connectivity index is 1.55. The van der Waals surface area contributed by atoms with Crippen molar-refractivity contribution in [2.45, 2.75) is 13.0 Å². The van der Waals surface area contributed by atoms with Gasteiger partial charge in [0.15, 0.2) is 4.80 Å². The van der Waals surface area contributed by atoms with Crippen molar-refractivity contribution in [1.82, 2.24) is 14.3 Å². The van der Waals surface area contributed by atoms with Gasteiger partial charge in [-0.25, -0.2) is 14.5 Å². The molecule has 200 valence electrons. The van der Waals surface area contributed by atoms with Gasteiger partial charge in [0.05, 0.1) is 46.6 Å². The summed E-state index contributed by atoms with van der Waals surface area (Å²) in [6.45, 7) is 1.76. The number of benzene rings is 2. The summed E-state index contributed by atoms with van der Waals surface area (Å²) in [5.41, 5.74) is 3.84. The summed E-state index contributed by atoms with van der Waals surface area (Å²) in [5, 5.41) is 6.86. The number of para-hydroxylation sites is 1. The molecule has 3 aromatic heterocycles. The number of esters is 1. The summed E-state index contributed by atoms with van der Waals surface area (Å²) in [4.78, 5) is 33.1. The Hall–Kier alpha value is -4.54. The van der Waals surface area contributed by atoms with Gasteiger partial charge in [0, 0.05) is 11.8 Å². The Morgan fingerprint density at radius 1 is 1.02 bits per heavy atom. The maximum absolute atomic E-state index is 14.0. The van der Waals surface area contributed by atoms with Crippen LogP contribution in [0.15, 0.2) is 99.4 Å². The second-order valence-corrected chi connectivity index (χ2v) is 11.0. The minimum atomic E-state index is -0.694. The average Bonchev–Trinajstić information content (AvgIpc) is 3.73. The molecule has 1 atom stereocenters. The molecule has 0 unspecified atom stereocenters. The van der Waals surface area contributed by atoms with Crippen LogP contribution in [0.1, 0.15) is 24.1 Å².